The molecule has 1 unspecified atom stereocenters. The lowest BCUT2D eigenvalue weighted by Gasteiger charge is -2.34. The number of nitrogens with zero attached hydrogens (tertiary/aromatic N) is 1. The lowest BCUT2D eigenvalue weighted by molar-refractivity contribution is -0.123. The largest absolute Gasteiger partial charge is 0.385 e. The topological polar surface area (TPSA) is 75.4 Å². The fourth-order valence-electron chi connectivity index (χ4n) is 2.64. The van der Waals surface area contributed by atoms with Gasteiger partial charge in [0.25, 0.3) is 5.91 Å². The quantitative estimate of drug-likeness (QED) is 0.876. The number of amides is 2. The molecule has 1 atom stereocenters. The number of rotatable bonds is 4. The Bertz CT molecular complexity index is 502. The summed E-state index contributed by atoms with van der Waals surface area (Å²) >= 11 is 0. The van der Waals surface area contributed by atoms with Gasteiger partial charge in [0, 0.05) is 18.8 Å². The number of nitrogens with two attached hydrogens (primary N) is 1. The molecule has 0 saturated carbocycles. The SMILES string of the molecule is CCNc1ccccc1C(=O)N1CCCCC1C(N)=O. The van der Waals surface area contributed by atoms with Gasteiger partial charge in [0.05, 0.1) is 5.56 Å². The summed E-state index contributed by atoms with van der Waals surface area (Å²) in [5, 5.41) is 3.18. The van der Waals surface area contributed by atoms with Gasteiger partial charge in [0.2, 0.25) is 5.91 Å². The number of hydrogen-bond donors (Lipinski definition) is 2. The number of carbonyl (C=O) groups excluding carboxylic acids is 2. The van der Waals surface area contributed by atoms with E-state index >= 15 is 0 Å². The first-order valence-corrected chi connectivity index (χ1v) is 7.08. The highest BCUT2D eigenvalue weighted by atomic mass is 16.2. The molecule has 1 saturated heterocycles. The van der Waals surface area contributed by atoms with Crippen molar-refractivity contribution in [1.29, 1.82) is 0 Å². The van der Waals surface area contributed by atoms with E-state index in [0.717, 1.165) is 25.1 Å². The van der Waals surface area contributed by atoms with Crippen LogP contribution in [0, 0.1) is 0 Å². The summed E-state index contributed by atoms with van der Waals surface area (Å²) in [6, 6.07) is 6.90. The van der Waals surface area contributed by atoms with Gasteiger partial charge in [0.1, 0.15) is 6.04 Å². The number of benzene rings is 1. The summed E-state index contributed by atoms with van der Waals surface area (Å²) in [7, 11) is 0. The van der Waals surface area contributed by atoms with Crippen LogP contribution in [0.15, 0.2) is 24.3 Å². The van der Waals surface area contributed by atoms with E-state index in [9.17, 15) is 9.59 Å². The molecule has 0 radical (unpaired) electrons. The fourth-order valence-corrected chi connectivity index (χ4v) is 2.64. The molecule has 0 aliphatic carbocycles. The van der Waals surface area contributed by atoms with Crippen LogP contribution in [0.4, 0.5) is 5.69 Å². The molecule has 0 aromatic heterocycles. The van der Waals surface area contributed by atoms with Crippen LogP contribution >= 0.6 is 0 Å². The minimum atomic E-state index is -0.481. The standard InChI is InChI=1S/C15H21N3O2/c1-2-17-12-8-4-3-7-11(12)15(20)18-10-6-5-9-13(18)14(16)19/h3-4,7-8,13,17H,2,5-6,9-10H2,1H3,(H2,16,19). The van der Waals surface area contributed by atoms with Crippen molar-refractivity contribution in [3.05, 3.63) is 29.8 Å². The average Bonchev–Trinajstić information content (AvgIpc) is 2.47. The maximum absolute atomic E-state index is 12.7. The first-order chi connectivity index (χ1) is 9.65. The highest BCUT2D eigenvalue weighted by molar-refractivity contribution is 6.01. The van der Waals surface area contributed by atoms with Crippen molar-refractivity contribution < 1.29 is 9.59 Å². The molecule has 1 aliphatic heterocycles. The predicted molar refractivity (Wildman–Crippen MR) is 78.5 cm³/mol. The van der Waals surface area contributed by atoms with Crippen LogP contribution in [0.2, 0.25) is 0 Å². The summed E-state index contributed by atoms with van der Waals surface area (Å²) in [6.45, 7) is 3.31. The van der Waals surface area contributed by atoms with Gasteiger partial charge in [0.15, 0.2) is 0 Å². The van der Waals surface area contributed by atoms with Crippen molar-refractivity contribution in [2.24, 2.45) is 5.73 Å². The summed E-state index contributed by atoms with van der Waals surface area (Å²) in [5.41, 5.74) is 6.82. The van der Waals surface area contributed by atoms with Crippen LogP contribution in [0.1, 0.15) is 36.5 Å². The molecular weight excluding hydrogens is 254 g/mol. The van der Waals surface area contributed by atoms with Gasteiger partial charge < -0.3 is 16.0 Å². The van der Waals surface area contributed by atoms with Crippen LogP contribution in [0.5, 0.6) is 0 Å². The van der Waals surface area contributed by atoms with Gasteiger partial charge in [-0.1, -0.05) is 12.1 Å². The molecule has 20 heavy (non-hydrogen) atoms. The van der Waals surface area contributed by atoms with Crippen LogP contribution < -0.4 is 11.1 Å². The lowest BCUT2D eigenvalue weighted by atomic mass is 10.00. The number of anilines is 1. The highest BCUT2D eigenvalue weighted by Gasteiger charge is 2.31. The average molecular weight is 275 g/mol. The van der Waals surface area contributed by atoms with Crippen LogP contribution in [-0.2, 0) is 4.79 Å². The second-order valence-corrected chi connectivity index (χ2v) is 4.99. The maximum atomic E-state index is 12.7. The molecule has 1 fully saturated rings. The molecule has 1 heterocycles. The first-order valence-electron chi connectivity index (χ1n) is 7.08. The Labute approximate surface area is 119 Å². The third-order valence-corrected chi connectivity index (χ3v) is 3.62. The Morgan fingerprint density at radius 2 is 2.10 bits per heavy atom. The van der Waals surface area contributed by atoms with Gasteiger partial charge in [-0.2, -0.15) is 0 Å². The number of primary amides is 1. The number of para-hydroxylation sites is 1. The first kappa shape index (κ1) is 14.4. The van der Waals surface area contributed by atoms with Crippen molar-refractivity contribution in [2.45, 2.75) is 32.2 Å². The Hall–Kier alpha value is -2.04. The zero-order chi connectivity index (χ0) is 14.5. The number of hydrogen-bond acceptors (Lipinski definition) is 3. The van der Waals surface area contributed by atoms with E-state index in [2.05, 4.69) is 5.32 Å². The smallest absolute Gasteiger partial charge is 0.256 e. The fraction of sp³-hybridized carbons (Fsp3) is 0.467. The summed E-state index contributed by atoms with van der Waals surface area (Å²) in [5.74, 6) is -0.538. The van der Waals surface area contributed by atoms with Gasteiger partial charge in [-0.05, 0) is 38.3 Å². The molecule has 5 nitrogen and oxygen atoms in total. The van der Waals surface area contributed by atoms with Gasteiger partial charge in [-0.3, -0.25) is 9.59 Å². The van der Waals surface area contributed by atoms with E-state index in [-0.39, 0.29) is 5.91 Å². The van der Waals surface area contributed by atoms with Gasteiger partial charge in [-0.15, -0.1) is 0 Å². The van der Waals surface area contributed by atoms with Gasteiger partial charge >= 0.3 is 0 Å². The van der Waals surface area contributed by atoms with Crippen molar-refractivity contribution in [3.8, 4) is 0 Å². The van der Waals surface area contributed by atoms with Crippen molar-refractivity contribution >= 4 is 17.5 Å². The van der Waals surface area contributed by atoms with Crippen LogP contribution in [0.25, 0.3) is 0 Å². The lowest BCUT2D eigenvalue weighted by Crippen LogP contribution is -2.50. The van der Waals surface area contributed by atoms with E-state index in [1.54, 1.807) is 11.0 Å². The van der Waals surface area contributed by atoms with E-state index in [4.69, 9.17) is 5.73 Å². The molecule has 0 spiro atoms. The van der Waals surface area contributed by atoms with Crippen molar-refractivity contribution in [3.63, 3.8) is 0 Å². The normalized spacial score (nSPS) is 18.6. The Morgan fingerprint density at radius 1 is 1.35 bits per heavy atom. The molecule has 2 amide bonds. The Kier molecular flexibility index (Phi) is 4.61. The van der Waals surface area contributed by atoms with Crippen molar-refractivity contribution in [2.75, 3.05) is 18.4 Å². The molecule has 0 bridgehead atoms. The Morgan fingerprint density at radius 3 is 2.80 bits per heavy atom. The Balaban J connectivity index is 2.27. The molecule has 1 aliphatic rings. The van der Waals surface area contributed by atoms with Crippen LogP contribution in [-0.4, -0.2) is 35.8 Å². The van der Waals surface area contributed by atoms with E-state index < -0.39 is 11.9 Å². The third-order valence-electron chi connectivity index (χ3n) is 3.62. The number of likely N-dealkylation sites (tertiary alicyclic amines) is 1. The van der Waals surface area contributed by atoms with Crippen LogP contribution in [0.3, 0.4) is 0 Å². The minimum Gasteiger partial charge on any atom is -0.385 e. The molecule has 108 valence electrons. The molecule has 5 heteroatoms. The molecule has 1 aromatic rings. The molecule has 1 aromatic carbocycles. The van der Waals surface area contributed by atoms with E-state index in [0.29, 0.717) is 18.5 Å². The summed E-state index contributed by atoms with van der Waals surface area (Å²) < 4.78 is 0. The molecule has 3 N–H and O–H groups in total. The summed E-state index contributed by atoms with van der Waals surface area (Å²) in [4.78, 5) is 25.8. The minimum absolute atomic E-state index is 0.120. The molecule has 2 rings (SSSR count). The number of piperidine rings is 1. The summed E-state index contributed by atoms with van der Waals surface area (Å²) in [6.07, 6.45) is 2.51. The van der Waals surface area contributed by atoms with Crippen molar-refractivity contribution in [1.82, 2.24) is 4.90 Å². The number of carbonyl (C=O) groups is 2. The van der Waals surface area contributed by atoms with E-state index in [1.807, 2.05) is 25.1 Å². The maximum Gasteiger partial charge on any atom is 0.256 e. The van der Waals surface area contributed by atoms with Gasteiger partial charge in [-0.25, -0.2) is 0 Å². The zero-order valence-electron chi connectivity index (χ0n) is 11.8. The second kappa shape index (κ2) is 6.41. The predicted octanol–water partition coefficient (Wildman–Crippen LogP) is 1.60. The third kappa shape index (κ3) is 2.92. The van der Waals surface area contributed by atoms with E-state index in [1.165, 1.54) is 0 Å². The number of nitrogens with one attached hydrogen (secondary N) is 1. The second-order valence-electron chi connectivity index (χ2n) is 4.99. The zero-order valence-corrected chi connectivity index (χ0v) is 11.8. The highest BCUT2D eigenvalue weighted by Crippen LogP contribution is 2.23. The molecular formula is C15H21N3O2. The monoisotopic (exact) mass is 275 g/mol.